The van der Waals surface area contributed by atoms with Crippen LogP contribution >= 0.6 is 0 Å². The molecule has 2 rings (SSSR count). The fourth-order valence-electron chi connectivity index (χ4n) is 1.93. The van der Waals surface area contributed by atoms with Crippen LogP contribution in [-0.4, -0.2) is 26.5 Å². The van der Waals surface area contributed by atoms with Gasteiger partial charge in [-0.25, -0.2) is 0 Å². The van der Waals surface area contributed by atoms with Crippen molar-refractivity contribution < 1.29 is 4.79 Å². The molecule has 0 saturated heterocycles. The maximum Gasteiger partial charge on any atom is 0.227 e. The molecule has 6 nitrogen and oxygen atoms in total. The third-order valence-electron chi connectivity index (χ3n) is 2.87. The molecule has 6 heteroatoms. The van der Waals surface area contributed by atoms with E-state index in [1.54, 1.807) is 0 Å². The van der Waals surface area contributed by atoms with Crippen molar-refractivity contribution in [3.63, 3.8) is 0 Å². The molecule has 1 aromatic carbocycles. The Labute approximate surface area is 117 Å². The number of para-hydroxylation sites is 1. The van der Waals surface area contributed by atoms with E-state index in [-0.39, 0.29) is 11.8 Å². The van der Waals surface area contributed by atoms with Gasteiger partial charge in [-0.2, -0.15) is 5.21 Å². The van der Waals surface area contributed by atoms with Gasteiger partial charge in [-0.3, -0.25) is 4.79 Å². The summed E-state index contributed by atoms with van der Waals surface area (Å²) >= 11 is 0. The summed E-state index contributed by atoms with van der Waals surface area (Å²) in [7, 11) is 0. The van der Waals surface area contributed by atoms with Gasteiger partial charge < -0.3 is 5.32 Å². The number of amides is 1. The zero-order valence-corrected chi connectivity index (χ0v) is 11.6. The first-order valence-corrected chi connectivity index (χ1v) is 6.36. The summed E-state index contributed by atoms with van der Waals surface area (Å²) in [6, 6.07) is 7.36. The number of benzene rings is 1. The Bertz CT molecular complexity index is 606. The van der Waals surface area contributed by atoms with E-state index in [1.807, 2.05) is 38.1 Å². The second-order valence-corrected chi connectivity index (χ2v) is 4.83. The van der Waals surface area contributed by atoms with Crippen molar-refractivity contribution in [3.05, 3.63) is 36.4 Å². The number of nitrogens with zero attached hydrogens (tertiary/aromatic N) is 3. The summed E-state index contributed by atoms with van der Waals surface area (Å²) in [5.41, 5.74) is 2.39. The van der Waals surface area contributed by atoms with Gasteiger partial charge >= 0.3 is 0 Å². The maximum absolute atomic E-state index is 12.2. The first kappa shape index (κ1) is 13.9. The summed E-state index contributed by atoms with van der Waals surface area (Å²) in [6.07, 6.45) is 0.663. The van der Waals surface area contributed by atoms with Crippen LogP contribution in [0, 0.1) is 5.92 Å². The number of hydrogen-bond donors (Lipinski definition) is 2. The molecule has 0 aliphatic heterocycles. The van der Waals surface area contributed by atoms with E-state index in [0.29, 0.717) is 17.9 Å². The van der Waals surface area contributed by atoms with Crippen molar-refractivity contribution in [3.8, 4) is 11.4 Å². The largest absolute Gasteiger partial charge is 0.325 e. The first-order valence-electron chi connectivity index (χ1n) is 6.36. The Morgan fingerprint density at radius 2 is 2.20 bits per heavy atom. The molecule has 104 valence electrons. The van der Waals surface area contributed by atoms with Crippen LogP contribution in [0.4, 0.5) is 5.69 Å². The predicted octanol–water partition coefficient (Wildman–Crippen LogP) is 2.41. The molecule has 0 saturated carbocycles. The molecule has 0 aliphatic rings. The van der Waals surface area contributed by atoms with Crippen molar-refractivity contribution in [2.45, 2.75) is 20.3 Å². The van der Waals surface area contributed by atoms with E-state index in [4.69, 9.17) is 0 Å². The lowest BCUT2D eigenvalue weighted by molar-refractivity contribution is -0.119. The van der Waals surface area contributed by atoms with E-state index in [9.17, 15) is 4.79 Å². The highest BCUT2D eigenvalue weighted by molar-refractivity contribution is 5.96. The highest BCUT2D eigenvalue weighted by Crippen LogP contribution is 2.24. The fraction of sp³-hybridized carbons (Fsp3) is 0.286. The van der Waals surface area contributed by atoms with Gasteiger partial charge in [0.15, 0.2) is 0 Å². The van der Waals surface area contributed by atoms with Gasteiger partial charge in [0, 0.05) is 11.5 Å². The molecular formula is C14H17N5O. The van der Waals surface area contributed by atoms with Crippen LogP contribution < -0.4 is 5.32 Å². The number of carbonyl (C=O) groups excluding carboxylic acids is 1. The third-order valence-corrected chi connectivity index (χ3v) is 2.87. The van der Waals surface area contributed by atoms with Gasteiger partial charge in [-0.1, -0.05) is 24.6 Å². The van der Waals surface area contributed by atoms with E-state index in [2.05, 4.69) is 32.5 Å². The van der Waals surface area contributed by atoms with E-state index in [0.717, 1.165) is 11.1 Å². The van der Waals surface area contributed by atoms with Crippen molar-refractivity contribution in [1.82, 2.24) is 20.6 Å². The van der Waals surface area contributed by atoms with Gasteiger partial charge in [0.25, 0.3) is 0 Å². The van der Waals surface area contributed by atoms with Gasteiger partial charge in [-0.05, 0) is 30.7 Å². The molecule has 0 radical (unpaired) electrons. The predicted molar refractivity (Wildman–Crippen MR) is 76.8 cm³/mol. The molecule has 2 N–H and O–H groups in total. The number of hydrogen-bond acceptors (Lipinski definition) is 4. The van der Waals surface area contributed by atoms with Gasteiger partial charge in [-0.15, -0.1) is 16.8 Å². The van der Waals surface area contributed by atoms with E-state index >= 15 is 0 Å². The Hall–Kier alpha value is -2.50. The number of anilines is 1. The number of nitrogens with one attached hydrogen (secondary N) is 2. The average Bonchev–Trinajstić information content (AvgIpc) is 2.92. The number of aromatic nitrogens is 4. The third kappa shape index (κ3) is 3.28. The molecule has 1 atom stereocenters. The number of carbonyl (C=O) groups is 1. The average molecular weight is 271 g/mol. The number of H-pyrrole nitrogens is 1. The van der Waals surface area contributed by atoms with E-state index in [1.165, 1.54) is 0 Å². The number of allylic oxidation sites excluding steroid dienone is 1. The zero-order valence-electron chi connectivity index (χ0n) is 11.6. The molecule has 2 aromatic rings. The summed E-state index contributed by atoms with van der Waals surface area (Å²) in [6.45, 7) is 7.62. The molecule has 1 aromatic heterocycles. The Morgan fingerprint density at radius 3 is 2.85 bits per heavy atom. The summed E-state index contributed by atoms with van der Waals surface area (Å²) in [4.78, 5) is 12.2. The SMILES string of the molecule is C=C(C)CC(C)C(=O)Nc1ccccc1-c1nn[nH]n1. The number of aromatic amines is 1. The molecule has 1 unspecified atom stereocenters. The van der Waals surface area contributed by atoms with Crippen LogP contribution in [0.15, 0.2) is 36.4 Å². The van der Waals surface area contributed by atoms with Gasteiger partial charge in [0.05, 0.1) is 5.69 Å². The number of rotatable bonds is 5. The topological polar surface area (TPSA) is 83.6 Å². The van der Waals surface area contributed by atoms with Crippen molar-refractivity contribution in [1.29, 1.82) is 0 Å². The Kier molecular flexibility index (Phi) is 4.24. The minimum absolute atomic E-state index is 0.0519. The van der Waals surface area contributed by atoms with Crippen molar-refractivity contribution >= 4 is 11.6 Å². The second kappa shape index (κ2) is 6.10. The smallest absolute Gasteiger partial charge is 0.227 e. The van der Waals surface area contributed by atoms with Crippen LogP contribution in [0.1, 0.15) is 20.3 Å². The quantitative estimate of drug-likeness (QED) is 0.818. The van der Waals surface area contributed by atoms with Crippen molar-refractivity contribution in [2.75, 3.05) is 5.32 Å². The summed E-state index contributed by atoms with van der Waals surface area (Å²) in [5.74, 6) is 0.267. The van der Waals surface area contributed by atoms with Crippen molar-refractivity contribution in [2.24, 2.45) is 5.92 Å². The highest BCUT2D eigenvalue weighted by Gasteiger charge is 2.16. The van der Waals surface area contributed by atoms with Gasteiger partial charge in [0.2, 0.25) is 11.7 Å². The molecular weight excluding hydrogens is 254 g/mol. The zero-order chi connectivity index (χ0) is 14.5. The lowest BCUT2D eigenvalue weighted by atomic mass is 10.0. The standard InChI is InChI=1S/C14H17N5O/c1-9(2)8-10(3)14(20)15-12-7-5-4-6-11(12)13-16-18-19-17-13/h4-7,10H,1,8H2,2-3H3,(H,15,20)(H,16,17,18,19). The van der Waals surface area contributed by atoms with Crippen LogP contribution in [0.2, 0.25) is 0 Å². The molecule has 1 amide bonds. The molecule has 0 bridgehead atoms. The molecule has 0 aliphatic carbocycles. The molecule has 1 heterocycles. The van der Waals surface area contributed by atoms with Gasteiger partial charge in [0.1, 0.15) is 0 Å². The van der Waals surface area contributed by atoms with Crippen LogP contribution in [0.3, 0.4) is 0 Å². The van der Waals surface area contributed by atoms with Crippen LogP contribution in [0.5, 0.6) is 0 Å². The van der Waals surface area contributed by atoms with Crippen LogP contribution in [0.25, 0.3) is 11.4 Å². The molecule has 20 heavy (non-hydrogen) atoms. The lowest BCUT2D eigenvalue weighted by Crippen LogP contribution is -2.21. The second-order valence-electron chi connectivity index (χ2n) is 4.83. The molecule has 0 fully saturated rings. The Balaban J connectivity index is 2.18. The normalized spacial score (nSPS) is 11.9. The lowest BCUT2D eigenvalue weighted by Gasteiger charge is -2.13. The van der Waals surface area contributed by atoms with E-state index < -0.39 is 0 Å². The maximum atomic E-state index is 12.2. The molecule has 0 spiro atoms. The summed E-state index contributed by atoms with van der Waals surface area (Å²) < 4.78 is 0. The minimum atomic E-state index is -0.133. The minimum Gasteiger partial charge on any atom is -0.325 e. The van der Waals surface area contributed by atoms with Crippen LogP contribution in [-0.2, 0) is 4.79 Å². The summed E-state index contributed by atoms with van der Waals surface area (Å²) in [5, 5.41) is 16.7. The monoisotopic (exact) mass is 271 g/mol. The number of tetrazole rings is 1. The Morgan fingerprint density at radius 1 is 1.45 bits per heavy atom. The first-order chi connectivity index (χ1) is 9.58. The fourth-order valence-corrected chi connectivity index (χ4v) is 1.93. The highest BCUT2D eigenvalue weighted by atomic mass is 16.1.